The third-order valence-electron chi connectivity index (χ3n) is 4.98. The van der Waals surface area contributed by atoms with Crippen LogP contribution in [0.25, 0.3) is 0 Å². The lowest BCUT2D eigenvalue weighted by Gasteiger charge is -2.16. The highest BCUT2D eigenvalue weighted by molar-refractivity contribution is 7.90. The molecule has 0 saturated carbocycles. The van der Waals surface area contributed by atoms with Gasteiger partial charge in [0.05, 0.1) is 35.0 Å². The highest BCUT2D eigenvalue weighted by atomic mass is 32.2. The molecule has 2 aromatic rings. The highest BCUT2D eigenvalue weighted by Gasteiger charge is 2.24. The Morgan fingerprint density at radius 1 is 0.735 bits per heavy atom. The first-order valence-electron chi connectivity index (χ1n) is 10.5. The van der Waals surface area contributed by atoms with E-state index in [1.807, 2.05) is 6.92 Å². The summed E-state index contributed by atoms with van der Waals surface area (Å²) in [4.78, 5) is 25.5. The van der Waals surface area contributed by atoms with Crippen molar-refractivity contribution < 1.29 is 41.7 Å². The average Bonchev–Trinajstić information content (AvgIpc) is 2.83. The zero-order valence-electron chi connectivity index (χ0n) is 20.2. The topological polar surface area (TPSA) is 114 Å². The Balaban J connectivity index is 2.32. The minimum Gasteiger partial charge on any atom is -0.493 e. The van der Waals surface area contributed by atoms with Gasteiger partial charge in [0.25, 0.3) is 0 Å². The lowest BCUT2D eigenvalue weighted by atomic mass is 10.0. The number of sulfone groups is 1. The SMILES string of the molecule is CCCOc1c(OC)cc(C(=O)CCC(=O)c2cc(OC)c(OC)c(OC)c2)cc1S(C)(=O)=O. The number of Topliss-reactive ketones (excluding diaryl/α,β-unsaturated/α-hetero) is 2. The van der Waals surface area contributed by atoms with E-state index in [-0.39, 0.29) is 47.2 Å². The summed E-state index contributed by atoms with van der Waals surface area (Å²) in [6.45, 7) is 2.17. The molecule has 34 heavy (non-hydrogen) atoms. The maximum absolute atomic E-state index is 12.9. The molecule has 0 heterocycles. The second-order valence-electron chi connectivity index (χ2n) is 7.39. The first-order chi connectivity index (χ1) is 16.1. The number of hydrogen-bond acceptors (Lipinski definition) is 9. The standard InChI is InChI=1S/C24H30O9S/c1-7-10-33-24-21(31-4)13-16(14-22(24)34(6,27)28)18(26)9-8-17(25)15-11-19(29-2)23(32-5)20(12-15)30-3/h11-14H,7-10H2,1-6H3. The molecule has 2 aromatic carbocycles. The Bertz CT molecular complexity index is 1130. The van der Waals surface area contributed by atoms with Gasteiger partial charge in [0, 0.05) is 30.2 Å². The van der Waals surface area contributed by atoms with E-state index in [9.17, 15) is 18.0 Å². The maximum Gasteiger partial charge on any atom is 0.203 e. The van der Waals surface area contributed by atoms with Crippen LogP contribution in [-0.4, -0.2) is 61.3 Å². The van der Waals surface area contributed by atoms with Gasteiger partial charge in [-0.1, -0.05) is 6.92 Å². The first kappa shape index (κ1) is 27.0. The van der Waals surface area contributed by atoms with E-state index in [4.69, 9.17) is 23.7 Å². The quantitative estimate of drug-likeness (QED) is 0.384. The Hall–Kier alpha value is -3.27. The Morgan fingerprint density at radius 2 is 1.18 bits per heavy atom. The first-order valence-corrected chi connectivity index (χ1v) is 12.4. The third-order valence-corrected chi connectivity index (χ3v) is 6.08. The van der Waals surface area contributed by atoms with E-state index in [0.717, 1.165) is 6.26 Å². The molecule has 2 rings (SSSR count). The van der Waals surface area contributed by atoms with Crippen LogP contribution < -0.4 is 23.7 Å². The maximum atomic E-state index is 12.9. The van der Waals surface area contributed by atoms with E-state index in [1.165, 1.54) is 52.7 Å². The van der Waals surface area contributed by atoms with Gasteiger partial charge in [0.2, 0.25) is 5.75 Å². The van der Waals surface area contributed by atoms with E-state index in [1.54, 1.807) is 0 Å². The van der Waals surface area contributed by atoms with Crippen LogP contribution in [0, 0.1) is 0 Å². The largest absolute Gasteiger partial charge is 0.493 e. The number of carbonyl (C=O) groups is 2. The van der Waals surface area contributed by atoms with Gasteiger partial charge in [0.1, 0.15) is 4.90 Å². The summed E-state index contributed by atoms with van der Waals surface area (Å²) >= 11 is 0. The fraction of sp³-hybridized carbons (Fsp3) is 0.417. The van der Waals surface area contributed by atoms with Crippen molar-refractivity contribution in [3.05, 3.63) is 35.4 Å². The lowest BCUT2D eigenvalue weighted by Crippen LogP contribution is -2.10. The summed E-state index contributed by atoms with van der Waals surface area (Å²) in [5, 5.41) is 0. The van der Waals surface area contributed by atoms with Crippen molar-refractivity contribution in [2.45, 2.75) is 31.1 Å². The summed E-state index contributed by atoms with van der Waals surface area (Å²) < 4.78 is 51.4. The molecule has 186 valence electrons. The van der Waals surface area contributed by atoms with Crippen molar-refractivity contribution >= 4 is 21.4 Å². The number of ketones is 2. The molecule has 0 aliphatic carbocycles. The van der Waals surface area contributed by atoms with Crippen LogP contribution in [0.5, 0.6) is 28.7 Å². The Morgan fingerprint density at radius 3 is 1.56 bits per heavy atom. The Kier molecular flexibility index (Phi) is 9.31. The van der Waals surface area contributed by atoms with Gasteiger partial charge < -0.3 is 23.7 Å². The van der Waals surface area contributed by atoms with Gasteiger partial charge in [-0.15, -0.1) is 0 Å². The molecule has 0 spiro atoms. The molecule has 0 saturated heterocycles. The van der Waals surface area contributed by atoms with Crippen LogP contribution in [-0.2, 0) is 9.84 Å². The van der Waals surface area contributed by atoms with E-state index >= 15 is 0 Å². The van der Waals surface area contributed by atoms with Crippen LogP contribution in [0.4, 0.5) is 0 Å². The number of ether oxygens (including phenoxy) is 5. The number of rotatable bonds is 13. The average molecular weight is 495 g/mol. The van der Waals surface area contributed by atoms with Crippen LogP contribution in [0.1, 0.15) is 46.9 Å². The predicted octanol–water partition coefficient (Wildman–Crippen LogP) is 3.76. The number of benzene rings is 2. The van der Waals surface area contributed by atoms with E-state index < -0.39 is 15.6 Å². The van der Waals surface area contributed by atoms with Crippen molar-refractivity contribution in [2.75, 3.05) is 41.3 Å². The van der Waals surface area contributed by atoms with Crippen LogP contribution in [0.15, 0.2) is 29.2 Å². The van der Waals surface area contributed by atoms with Gasteiger partial charge >= 0.3 is 0 Å². The van der Waals surface area contributed by atoms with Gasteiger partial charge in [-0.05, 0) is 30.7 Å². The smallest absolute Gasteiger partial charge is 0.203 e. The molecule has 0 aliphatic rings. The van der Waals surface area contributed by atoms with Crippen molar-refractivity contribution in [2.24, 2.45) is 0 Å². The summed E-state index contributed by atoms with van der Waals surface area (Å²) in [5.74, 6) is 0.469. The monoisotopic (exact) mass is 494 g/mol. The van der Waals surface area contributed by atoms with Crippen LogP contribution >= 0.6 is 0 Å². The second kappa shape index (κ2) is 11.7. The summed E-state index contributed by atoms with van der Waals surface area (Å²) in [6.07, 6.45) is 1.44. The molecule has 0 amide bonds. The second-order valence-corrected chi connectivity index (χ2v) is 9.37. The molecule has 0 N–H and O–H groups in total. The molecule has 0 unspecified atom stereocenters. The molecule has 0 radical (unpaired) electrons. The minimum atomic E-state index is -3.71. The van der Waals surface area contributed by atoms with Gasteiger partial charge in [-0.3, -0.25) is 9.59 Å². The number of hydrogen-bond donors (Lipinski definition) is 0. The molecule has 10 heteroatoms. The van der Waals surface area contributed by atoms with Gasteiger partial charge in [-0.2, -0.15) is 0 Å². The van der Waals surface area contributed by atoms with Crippen LogP contribution in [0.2, 0.25) is 0 Å². The molecule has 9 nitrogen and oxygen atoms in total. The summed E-state index contributed by atoms with van der Waals surface area (Å²) in [6, 6.07) is 5.71. The zero-order chi connectivity index (χ0) is 25.5. The molecule has 0 bridgehead atoms. The minimum absolute atomic E-state index is 0.0666. The number of carbonyl (C=O) groups excluding carboxylic acids is 2. The zero-order valence-corrected chi connectivity index (χ0v) is 21.0. The van der Waals surface area contributed by atoms with E-state index in [2.05, 4.69) is 0 Å². The van der Waals surface area contributed by atoms with Gasteiger partial charge in [-0.25, -0.2) is 8.42 Å². The molecular formula is C24H30O9S. The van der Waals surface area contributed by atoms with Crippen molar-refractivity contribution in [1.82, 2.24) is 0 Å². The van der Waals surface area contributed by atoms with Gasteiger partial charge in [0.15, 0.2) is 44.4 Å². The normalized spacial score (nSPS) is 11.0. The fourth-order valence-corrected chi connectivity index (χ4v) is 4.11. The third kappa shape index (κ3) is 6.19. The van der Waals surface area contributed by atoms with E-state index in [0.29, 0.717) is 29.2 Å². The fourth-order valence-electron chi connectivity index (χ4n) is 3.27. The molecular weight excluding hydrogens is 464 g/mol. The number of methoxy groups -OCH3 is 4. The molecule has 0 aromatic heterocycles. The Labute approximate surface area is 199 Å². The summed E-state index contributed by atoms with van der Waals surface area (Å²) in [5.41, 5.74) is 0.402. The molecule has 0 fully saturated rings. The predicted molar refractivity (Wildman–Crippen MR) is 126 cm³/mol. The molecule has 0 atom stereocenters. The van der Waals surface area contributed by atoms with Crippen LogP contribution in [0.3, 0.4) is 0 Å². The van der Waals surface area contributed by atoms with Crippen molar-refractivity contribution in [3.63, 3.8) is 0 Å². The lowest BCUT2D eigenvalue weighted by molar-refractivity contribution is 0.0917. The van der Waals surface area contributed by atoms with Crippen molar-refractivity contribution in [3.8, 4) is 28.7 Å². The molecule has 0 aliphatic heterocycles. The summed E-state index contributed by atoms with van der Waals surface area (Å²) in [7, 11) is 1.99. The highest BCUT2D eigenvalue weighted by Crippen LogP contribution is 2.39. The van der Waals surface area contributed by atoms with Crippen molar-refractivity contribution in [1.29, 1.82) is 0 Å².